The largest absolute Gasteiger partial charge is 0.326 e. The second-order valence-electron chi connectivity index (χ2n) is 7.01. The number of nitrogens with one attached hydrogen (secondary N) is 1. The van der Waals surface area contributed by atoms with Gasteiger partial charge in [0.2, 0.25) is 21.7 Å². The van der Waals surface area contributed by atoms with Gasteiger partial charge in [0.15, 0.2) is 23.3 Å². The van der Waals surface area contributed by atoms with Crippen molar-refractivity contribution in [1.29, 1.82) is 0 Å². The van der Waals surface area contributed by atoms with Crippen LogP contribution in [0.1, 0.15) is 5.56 Å². The lowest BCUT2D eigenvalue weighted by Gasteiger charge is -2.31. The number of amides is 1. The molecule has 1 aliphatic rings. The molecule has 6 nitrogen and oxygen atoms in total. The molecule has 0 atom stereocenters. The van der Waals surface area contributed by atoms with Crippen LogP contribution in [-0.2, 0) is 21.2 Å². The molecule has 1 N–H and O–H groups in total. The maximum Gasteiger partial charge on any atom is 0.243 e. The second kappa shape index (κ2) is 8.89. The lowest BCUT2D eigenvalue weighted by molar-refractivity contribution is -0.115. The van der Waals surface area contributed by atoms with Gasteiger partial charge in [-0.05, 0) is 31.3 Å². The number of anilines is 1. The summed E-state index contributed by atoms with van der Waals surface area (Å²) in [5.41, 5.74) is -1.17. The van der Waals surface area contributed by atoms with Gasteiger partial charge in [0.25, 0.3) is 0 Å². The van der Waals surface area contributed by atoms with Crippen molar-refractivity contribution >= 4 is 21.6 Å². The number of carbonyl (C=O) groups is 1. The zero-order valence-electron chi connectivity index (χ0n) is 16.3. The number of hydrogen-bond donors (Lipinski definition) is 1. The van der Waals surface area contributed by atoms with Crippen molar-refractivity contribution in [2.24, 2.45) is 0 Å². The number of benzene rings is 2. The average Bonchev–Trinajstić information content (AvgIpc) is 2.74. The van der Waals surface area contributed by atoms with Crippen molar-refractivity contribution in [2.75, 3.05) is 38.5 Å². The van der Waals surface area contributed by atoms with E-state index in [1.165, 1.54) is 28.6 Å². The number of halogens is 5. The first-order valence-electron chi connectivity index (χ1n) is 9.11. The number of rotatable bonds is 5. The molecule has 31 heavy (non-hydrogen) atoms. The lowest BCUT2D eigenvalue weighted by atomic mass is 10.1. The molecule has 0 spiro atoms. The molecule has 1 amide bonds. The highest BCUT2D eigenvalue weighted by Gasteiger charge is 2.28. The molecule has 0 bridgehead atoms. The van der Waals surface area contributed by atoms with Crippen molar-refractivity contribution in [3.63, 3.8) is 0 Å². The van der Waals surface area contributed by atoms with E-state index in [1.54, 1.807) is 0 Å². The molecule has 0 unspecified atom stereocenters. The van der Waals surface area contributed by atoms with Crippen LogP contribution in [0, 0.1) is 29.1 Å². The topological polar surface area (TPSA) is 69.7 Å². The number of carbonyl (C=O) groups excluding carboxylic acids is 1. The van der Waals surface area contributed by atoms with Crippen LogP contribution in [0.2, 0.25) is 0 Å². The third-order valence-corrected chi connectivity index (χ3v) is 6.79. The van der Waals surface area contributed by atoms with Gasteiger partial charge in [0.05, 0.1) is 11.3 Å². The number of piperazine rings is 1. The summed E-state index contributed by atoms with van der Waals surface area (Å²) in [6, 6.07) is 5.03. The normalized spacial score (nSPS) is 15.8. The van der Waals surface area contributed by atoms with E-state index in [0.29, 0.717) is 26.2 Å². The Balaban J connectivity index is 1.71. The molecule has 1 aliphatic heterocycles. The Morgan fingerprint density at radius 1 is 0.871 bits per heavy atom. The molecule has 1 fully saturated rings. The van der Waals surface area contributed by atoms with Gasteiger partial charge in [-0.15, -0.1) is 0 Å². The number of likely N-dealkylation sites (N-methyl/N-ethyl adjacent to an activating group) is 1. The zero-order chi connectivity index (χ0) is 22.9. The van der Waals surface area contributed by atoms with Gasteiger partial charge in [-0.3, -0.25) is 4.79 Å². The maximum atomic E-state index is 13.7. The highest BCUT2D eigenvalue weighted by Crippen LogP contribution is 2.24. The van der Waals surface area contributed by atoms with Gasteiger partial charge in [-0.2, -0.15) is 4.31 Å². The number of sulfonamides is 1. The second-order valence-corrected chi connectivity index (χ2v) is 8.94. The molecule has 2 aromatic carbocycles. The first-order chi connectivity index (χ1) is 14.5. The van der Waals surface area contributed by atoms with Crippen LogP contribution in [0.3, 0.4) is 0 Å². The Hall–Kier alpha value is -2.57. The molecule has 168 valence electrons. The summed E-state index contributed by atoms with van der Waals surface area (Å²) in [6.45, 7) is 1.84. The minimum atomic E-state index is -3.73. The molecule has 2 aromatic rings. The minimum Gasteiger partial charge on any atom is -0.326 e. The Morgan fingerprint density at radius 2 is 1.35 bits per heavy atom. The SMILES string of the molecule is CN1CCN(S(=O)(=O)c2ccc(NC(=O)Cc3c(F)c(F)c(F)c(F)c3F)cc2)CC1. The summed E-state index contributed by atoms with van der Waals surface area (Å²) in [6.07, 6.45) is -1.10. The third-order valence-electron chi connectivity index (χ3n) is 4.88. The smallest absolute Gasteiger partial charge is 0.243 e. The van der Waals surface area contributed by atoms with E-state index in [2.05, 4.69) is 5.32 Å². The number of hydrogen-bond acceptors (Lipinski definition) is 4. The standard InChI is InChI=1S/C19H18F5N3O3S/c1-26-6-8-27(9-7-26)31(29,30)12-4-2-11(3-5-12)25-14(28)10-13-15(20)17(22)19(24)18(23)16(13)21/h2-5H,6-10H2,1H3,(H,25,28). The summed E-state index contributed by atoms with van der Waals surface area (Å²) in [5.74, 6) is -11.8. The van der Waals surface area contributed by atoms with Crippen LogP contribution in [0.5, 0.6) is 0 Å². The van der Waals surface area contributed by atoms with Crippen molar-refractivity contribution < 1.29 is 35.2 Å². The first-order valence-corrected chi connectivity index (χ1v) is 10.5. The fourth-order valence-electron chi connectivity index (χ4n) is 3.06. The maximum absolute atomic E-state index is 13.7. The van der Waals surface area contributed by atoms with Crippen LogP contribution >= 0.6 is 0 Å². The van der Waals surface area contributed by atoms with Crippen molar-refractivity contribution in [1.82, 2.24) is 9.21 Å². The van der Waals surface area contributed by atoms with E-state index >= 15 is 0 Å². The predicted octanol–water partition coefficient (Wildman–Crippen LogP) is 2.50. The Morgan fingerprint density at radius 3 is 1.87 bits per heavy atom. The van der Waals surface area contributed by atoms with E-state index in [0.717, 1.165) is 0 Å². The van der Waals surface area contributed by atoms with Crippen molar-refractivity contribution in [3.05, 3.63) is 58.9 Å². The van der Waals surface area contributed by atoms with Crippen LogP contribution in [0.4, 0.5) is 27.6 Å². The van der Waals surface area contributed by atoms with Gasteiger partial charge in [-0.25, -0.2) is 30.4 Å². The number of nitrogens with zero attached hydrogens (tertiary/aromatic N) is 2. The summed E-state index contributed by atoms with van der Waals surface area (Å²) >= 11 is 0. The van der Waals surface area contributed by atoms with Crippen LogP contribution in [-0.4, -0.2) is 56.8 Å². The van der Waals surface area contributed by atoms with Crippen LogP contribution < -0.4 is 5.32 Å². The van der Waals surface area contributed by atoms with E-state index in [9.17, 15) is 35.2 Å². The molecule has 3 rings (SSSR count). The van der Waals surface area contributed by atoms with Gasteiger partial charge in [-0.1, -0.05) is 0 Å². The Kier molecular flexibility index (Phi) is 6.62. The van der Waals surface area contributed by atoms with Gasteiger partial charge in [0.1, 0.15) is 0 Å². The van der Waals surface area contributed by atoms with Crippen LogP contribution in [0.25, 0.3) is 0 Å². The zero-order valence-corrected chi connectivity index (χ0v) is 17.1. The predicted molar refractivity (Wildman–Crippen MR) is 101 cm³/mol. The molecule has 1 saturated heterocycles. The molecule has 12 heteroatoms. The lowest BCUT2D eigenvalue weighted by Crippen LogP contribution is -2.46. The van der Waals surface area contributed by atoms with Crippen LogP contribution in [0.15, 0.2) is 29.2 Å². The van der Waals surface area contributed by atoms with Crippen molar-refractivity contribution in [3.8, 4) is 0 Å². The molecule has 0 aliphatic carbocycles. The molecule has 1 heterocycles. The van der Waals surface area contributed by atoms with E-state index in [1.807, 2.05) is 11.9 Å². The van der Waals surface area contributed by atoms with Gasteiger partial charge < -0.3 is 10.2 Å². The summed E-state index contributed by atoms with van der Waals surface area (Å²) < 4.78 is 93.7. The monoisotopic (exact) mass is 463 g/mol. The minimum absolute atomic E-state index is 0.00480. The van der Waals surface area contributed by atoms with Crippen molar-refractivity contribution in [2.45, 2.75) is 11.3 Å². The molecule has 0 saturated carbocycles. The average molecular weight is 463 g/mol. The summed E-state index contributed by atoms with van der Waals surface area (Å²) in [4.78, 5) is 14.0. The van der Waals surface area contributed by atoms with E-state index < -0.39 is 57.0 Å². The fourth-order valence-corrected chi connectivity index (χ4v) is 4.48. The molecule has 0 radical (unpaired) electrons. The van der Waals surface area contributed by atoms with E-state index in [4.69, 9.17) is 0 Å². The van der Waals surface area contributed by atoms with Gasteiger partial charge >= 0.3 is 0 Å². The summed E-state index contributed by atoms with van der Waals surface area (Å²) in [7, 11) is -1.85. The molecular formula is C19H18F5N3O3S. The quantitative estimate of drug-likeness (QED) is 0.420. The van der Waals surface area contributed by atoms with Gasteiger partial charge in [0, 0.05) is 37.4 Å². The fraction of sp³-hybridized carbons (Fsp3) is 0.316. The Bertz CT molecular complexity index is 1070. The Labute approximate surface area is 175 Å². The summed E-state index contributed by atoms with van der Waals surface area (Å²) in [5, 5.41) is 2.24. The van der Waals surface area contributed by atoms with E-state index in [-0.39, 0.29) is 10.6 Å². The first kappa shape index (κ1) is 23.1. The highest BCUT2D eigenvalue weighted by molar-refractivity contribution is 7.89. The highest BCUT2D eigenvalue weighted by atomic mass is 32.2. The molecular weight excluding hydrogens is 445 g/mol. The molecule has 0 aromatic heterocycles. The third kappa shape index (κ3) is 4.70.